The predicted molar refractivity (Wildman–Crippen MR) is 89.5 cm³/mol. The Morgan fingerprint density at radius 1 is 1.10 bits per heavy atom. The summed E-state index contributed by atoms with van der Waals surface area (Å²) in [5.41, 5.74) is 10.5. The average molecular weight is 277 g/mol. The minimum absolute atomic E-state index is 0.789. The van der Waals surface area contributed by atoms with Gasteiger partial charge in [0.25, 0.3) is 0 Å². The number of pyridine rings is 1. The SMILES string of the molecule is Cc1cccc(CCNc2ccc(N)c3ccncc23)c1. The number of hydrogen-bond donors (Lipinski definition) is 2. The van der Waals surface area contributed by atoms with Crippen LogP contribution in [0.3, 0.4) is 0 Å². The molecule has 3 rings (SSSR count). The summed E-state index contributed by atoms with van der Waals surface area (Å²) in [6.45, 7) is 3.01. The van der Waals surface area contributed by atoms with Crippen molar-refractivity contribution < 1.29 is 0 Å². The van der Waals surface area contributed by atoms with Crippen molar-refractivity contribution in [3.63, 3.8) is 0 Å². The highest BCUT2D eigenvalue weighted by Gasteiger charge is 2.03. The lowest BCUT2D eigenvalue weighted by Gasteiger charge is -2.11. The highest BCUT2D eigenvalue weighted by Crippen LogP contribution is 2.27. The zero-order valence-corrected chi connectivity index (χ0v) is 12.1. The van der Waals surface area contributed by atoms with Gasteiger partial charge in [-0.1, -0.05) is 29.8 Å². The Bertz CT molecular complexity index is 765. The van der Waals surface area contributed by atoms with Gasteiger partial charge in [-0.25, -0.2) is 0 Å². The average Bonchev–Trinajstić information content (AvgIpc) is 2.50. The molecule has 0 radical (unpaired) electrons. The quantitative estimate of drug-likeness (QED) is 0.713. The fourth-order valence-corrected chi connectivity index (χ4v) is 2.58. The molecule has 21 heavy (non-hydrogen) atoms. The van der Waals surface area contributed by atoms with Crippen molar-refractivity contribution in [1.29, 1.82) is 0 Å². The molecule has 3 heteroatoms. The maximum Gasteiger partial charge on any atom is 0.0437 e. The number of aryl methyl sites for hydroxylation is 1. The lowest BCUT2D eigenvalue weighted by atomic mass is 10.1. The Morgan fingerprint density at radius 2 is 2.00 bits per heavy atom. The summed E-state index contributed by atoms with van der Waals surface area (Å²) >= 11 is 0. The molecule has 106 valence electrons. The third-order valence-corrected chi connectivity index (χ3v) is 3.66. The first-order valence-electron chi connectivity index (χ1n) is 7.15. The number of hydrogen-bond acceptors (Lipinski definition) is 3. The van der Waals surface area contributed by atoms with Crippen molar-refractivity contribution >= 4 is 22.1 Å². The van der Waals surface area contributed by atoms with Gasteiger partial charge in [-0.15, -0.1) is 0 Å². The molecule has 2 aromatic carbocycles. The summed E-state index contributed by atoms with van der Waals surface area (Å²) < 4.78 is 0. The van der Waals surface area contributed by atoms with Crippen molar-refractivity contribution in [2.45, 2.75) is 13.3 Å². The second-order valence-electron chi connectivity index (χ2n) is 5.29. The first kappa shape index (κ1) is 13.4. The number of rotatable bonds is 4. The van der Waals surface area contributed by atoms with Crippen molar-refractivity contribution in [3.05, 3.63) is 66.0 Å². The summed E-state index contributed by atoms with van der Waals surface area (Å²) in [6.07, 6.45) is 4.63. The molecule has 0 atom stereocenters. The smallest absolute Gasteiger partial charge is 0.0437 e. The van der Waals surface area contributed by atoms with Crippen molar-refractivity contribution in [2.24, 2.45) is 0 Å². The molecule has 3 N–H and O–H groups in total. The molecule has 0 bridgehead atoms. The second-order valence-corrected chi connectivity index (χ2v) is 5.29. The number of nitrogens with one attached hydrogen (secondary N) is 1. The fourth-order valence-electron chi connectivity index (χ4n) is 2.58. The Kier molecular flexibility index (Phi) is 3.73. The lowest BCUT2D eigenvalue weighted by Crippen LogP contribution is -2.05. The molecule has 0 fully saturated rings. The first-order valence-corrected chi connectivity index (χ1v) is 7.15. The van der Waals surface area contributed by atoms with E-state index in [1.165, 1.54) is 11.1 Å². The Labute approximate surface area is 124 Å². The molecule has 3 nitrogen and oxygen atoms in total. The second kappa shape index (κ2) is 5.83. The molecule has 0 aliphatic carbocycles. The van der Waals surface area contributed by atoms with Crippen molar-refractivity contribution in [2.75, 3.05) is 17.6 Å². The topological polar surface area (TPSA) is 50.9 Å². The van der Waals surface area contributed by atoms with Crippen LogP contribution in [0, 0.1) is 6.92 Å². The van der Waals surface area contributed by atoms with Crippen molar-refractivity contribution in [3.8, 4) is 0 Å². The van der Waals surface area contributed by atoms with Gasteiger partial charge in [-0.3, -0.25) is 4.98 Å². The van der Waals surface area contributed by atoms with Gasteiger partial charge in [0.2, 0.25) is 0 Å². The largest absolute Gasteiger partial charge is 0.398 e. The van der Waals surface area contributed by atoms with Crippen molar-refractivity contribution in [1.82, 2.24) is 4.98 Å². The molecule has 1 aromatic heterocycles. The zero-order valence-electron chi connectivity index (χ0n) is 12.1. The van der Waals surface area contributed by atoms with Gasteiger partial charge in [0.15, 0.2) is 0 Å². The number of nitrogens with two attached hydrogens (primary N) is 1. The van der Waals surface area contributed by atoms with Crippen LogP contribution in [0.15, 0.2) is 54.9 Å². The number of aromatic nitrogens is 1. The highest BCUT2D eigenvalue weighted by molar-refractivity contribution is 6.00. The van der Waals surface area contributed by atoms with Gasteiger partial charge in [0.1, 0.15) is 0 Å². The van der Waals surface area contributed by atoms with Crippen LogP contribution >= 0.6 is 0 Å². The third-order valence-electron chi connectivity index (χ3n) is 3.66. The van der Waals surface area contributed by atoms with E-state index in [2.05, 4.69) is 41.5 Å². The summed E-state index contributed by atoms with van der Waals surface area (Å²) in [5.74, 6) is 0. The van der Waals surface area contributed by atoms with E-state index >= 15 is 0 Å². The van der Waals surface area contributed by atoms with Gasteiger partial charge < -0.3 is 11.1 Å². The lowest BCUT2D eigenvalue weighted by molar-refractivity contribution is 1.02. The Balaban J connectivity index is 1.75. The van der Waals surface area contributed by atoms with E-state index in [1.807, 2.05) is 24.4 Å². The van der Waals surface area contributed by atoms with Gasteiger partial charge in [0, 0.05) is 41.1 Å². The number of anilines is 2. The normalized spacial score (nSPS) is 10.7. The van der Waals surface area contributed by atoms with Crippen LogP contribution in [0.2, 0.25) is 0 Å². The number of fused-ring (bicyclic) bond motifs is 1. The summed E-state index contributed by atoms with van der Waals surface area (Å²) in [5, 5.41) is 5.61. The monoisotopic (exact) mass is 277 g/mol. The molecule has 0 saturated heterocycles. The van der Waals surface area contributed by atoms with E-state index in [0.717, 1.165) is 35.1 Å². The summed E-state index contributed by atoms with van der Waals surface area (Å²) in [7, 11) is 0. The summed E-state index contributed by atoms with van der Waals surface area (Å²) in [4.78, 5) is 4.20. The molecule has 0 amide bonds. The van der Waals surface area contributed by atoms with Gasteiger partial charge in [-0.05, 0) is 37.1 Å². The maximum absolute atomic E-state index is 6.01. The van der Waals surface area contributed by atoms with E-state index in [-0.39, 0.29) is 0 Å². The minimum atomic E-state index is 0.789. The molecular formula is C18H19N3. The van der Waals surface area contributed by atoms with Crippen LogP contribution in [0.1, 0.15) is 11.1 Å². The zero-order chi connectivity index (χ0) is 14.7. The molecule has 3 aromatic rings. The van der Waals surface area contributed by atoms with Crippen LogP contribution < -0.4 is 11.1 Å². The van der Waals surface area contributed by atoms with E-state index in [0.29, 0.717) is 0 Å². The number of benzene rings is 2. The predicted octanol–water partition coefficient (Wildman–Crippen LogP) is 3.78. The van der Waals surface area contributed by atoms with Crippen LogP contribution in [0.25, 0.3) is 10.8 Å². The number of nitrogens with zero attached hydrogens (tertiary/aromatic N) is 1. The molecular weight excluding hydrogens is 258 g/mol. The van der Waals surface area contributed by atoms with Gasteiger partial charge in [0.05, 0.1) is 0 Å². The Hall–Kier alpha value is -2.55. The van der Waals surface area contributed by atoms with E-state index in [4.69, 9.17) is 5.73 Å². The van der Waals surface area contributed by atoms with Crippen LogP contribution in [-0.2, 0) is 6.42 Å². The molecule has 0 spiro atoms. The van der Waals surface area contributed by atoms with E-state index in [1.54, 1.807) is 6.20 Å². The Morgan fingerprint density at radius 3 is 2.86 bits per heavy atom. The molecule has 0 aliphatic heterocycles. The van der Waals surface area contributed by atoms with E-state index < -0.39 is 0 Å². The fraction of sp³-hybridized carbons (Fsp3) is 0.167. The van der Waals surface area contributed by atoms with E-state index in [9.17, 15) is 0 Å². The third kappa shape index (κ3) is 2.97. The van der Waals surface area contributed by atoms with Crippen LogP contribution in [0.4, 0.5) is 11.4 Å². The summed E-state index contributed by atoms with van der Waals surface area (Å²) in [6, 6.07) is 14.5. The molecule has 1 heterocycles. The van der Waals surface area contributed by atoms with Crippen LogP contribution in [0.5, 0.6) is 0 Å². The van der Waals surface area contributed by atoms with Gasteiger partial charge in [-0.2, -0.15) is 0 Å². The highest BCUT2D eigenvalue weighted by atomic mass is 14.9. The molecule has 0 aliphatic rings. The van der Waals surface area contributed by atoms with Crippen LogP contribution in [-0.4, -0.2) is 11.5 Å². The standard InChI is InChI=1S/C18H19N3/c1-13-3-2-4-14(11-13)7-10-21-18-6-5-17(19)15-8-9-20-12-16(15)18/h2-6,8-9,11-12,21H,7,10,19H2,1H3. The molecule has 0 saturated carbocycles. The number of nitrogen functional groups attached to an aromatic ring is 1. The van der Waals surface area contributed by atoms with Gasteiger partial charge >= 0.3 is 0 Å². The minimum Gasteiger partial charge on any atom is -0.398 e. The first-order chi connectivity index (χ1) is 10.2. The molecule has 0 unspecified atom stereocenters. The maximum atomic E-state index is 6.01.